The van der Waals surface area contributed by atoms with Crippen LogP contribution in [0, 0.1) is 15.9 Å². The maximum atomic E-state index is 13.6. The number of hydrazone groups is 1. The number of aromatic nitrogens is 1. The highest BCUT2D eigenvalue weighted by Crippen LogP contribution is 2.15. The monoisotopic (exact) mass is 366 g/mol. The number of hydrogen-bond donors (Lipinski definition) is 1. The van der Waals surface area contributed by atoms with Crippen molar-refractivity contribution in [3.63, 3.8) is 0 Å². The number of anilines is 1. The predicted octanol–water partition coefficient (Wildman–Crippen LogP) is 4.15. The van der Waals surface area contributed by atoms with Gasteiger partial charge < -0.3 is 4.74 Å². The zero-order chi connectivity index (χ0) is 19.1. The fourth-order valence-corrected chi connectivity index (χ4v) is 2.16. The molecule has 1 aromatic heterocycles. The Bertz CT molecular complexity index is 944. The molecule has 8 heteroatoms. The topological polar surface area (TPSA) is 89.7 Å². The maximum absolute atomic E-state index is 13.6. The molecule has 7 nitrogen and oxygen atoms in total. The highest BCUT2D eigenvalue weighted by Gasteiger charge is 2.04. The van der Waals surface area contributed by atoms with Crippen molar-refractivity contribution in [3.8, 4) is 5.75 Å². The van der Waals surface area contributed by atoms with Crippen molar-refractivity contribution in [1.82, 2.24) is 4.98 Å². The van der Waals surface area contributed by atoms with E-state index in [4.69, 9.17) is 4.74 Å². The number of hydrogen-bond acceptors (Lipinski definition) is 6. The molecule has 0 saturated carbocycles. The molecule has 0 aliphatic carbocycles. The van der Waals surface area contributed by atoms with Gasteiger partial charge in [0.15, 0.2) is 0 Å². The van der Waals surface area contributed by atoms with Crippen LogP contribution in [0.25, 0.3) is 0 Å². The Morgan fingerprint density at radius 1 is 1.15 bits per heavy atom. The first kappa shape index (κ1) is 18.0. The van der Waals surface area contributed by atoms with E-state index in [0.29, 0.717) is 17.1 Å². The second-order valence-corrected chi connectivity index (χ2v) is 5.48. The number of nitro groups is 1. The zero-order valence-corrected chi connectivity index (χ0v) is 14.1. The van der Waals surface area contributed by atoms with Gasteiger partial charge in [-0.05, 0) is 42.0 Å². The van der Waals surface area contributed by atoms with Crippen LogP contribution in [0.3, 0.4) is 0 Å². The molecule has 0 unspecified atom stereocenters. The molecule has 2 aromatic carbocycles. The largest absolute Gasteiger partial charge is 0.489 e. The van der Waals surface area contributed by atoms with Crippen molar-refractivity contribution < 1.29 is 14.1 Å². The Hall–Kier alpha value is -3.81. The van der Waals surface area contributed by atoms with Crippen molar-refractivity contribution in [2.75, 3.05) is 5.43 Å². The van der Waals surface area contributed by atoms with E-state index < -0.39 is 4.92 Å². The van der Waals surface area contributed by atoms with Crippen LogP contribution in [0.5, 0.6) is 5.75 Å². The molecule has 0 bridgehead atoms. The smallest absolute Gasteiger partial charge is 0.287 e. The highest BCUT2D eigenvalue weighted by molar-refractivity contribution is 5.80. The third kappa shape index (κ3) is 5.08. The fraction of sp³-hybridized carbons (Fsp3) is 0.0526. The molecule has 0 fully saturated rings. The van der Waals surface area contributed by atoms with Crippen LogP contribution in [-0.2, 0) is 6.61 Å². The van der Waals surface area contributed by atoms with Crippen molar-refractivity contribution >= 4 is 17.7 Å². The lowest BCUT2D eigenvalue weighted by atomic mass is 10.2. The molecule has 1 N–H and O–H groups in total. The minimum absolute atomic E-state index is 0.0875. The summed E-state index contributed by atoms with van der Waals surface area (Å²) in [5, 5.41) is 14.6. The van der Waals surface area contributed by atoms with Gasteiger partial charge in [-0.25, -0.2) is 9.37 Å². The second kappa shape index (κ2) is 8.52. The Balaban J connectivity index is 1.53. The molecule has 0 amide bonds. The lowest BCUT2D eigenvalue weighted by Crippen LogP contribution is -1.98. The summed E-state index contributed by atoms with van der Waals surface area (Å²) in [5.74, 6) is 0.703. The van der Waals surface area contributed by atoms with Gasteiger partial charge in [0.2, 0.25) is 0 Å². The lowest BCUT2D eigenvalue weighted by Gasteiger charge is -2.07. The van der Waals surface area contributed by atoms with Gasteiger partial charge in [0.05, 0.1) is 11.1 Å². The Kier molecular flexibility index (Phi) is 5.68. The third-order valence-electron chi connectivity index (χ3n) is 3.58. The standard InChI is InChI=1S/C19H15FN4O3/c20-18-4-2-1-3-15(18)13-27-17-8-5-14(6-9-17)11-22-23-19-10-7-16(12-21-19)24(25)26/h1-12H,13H2,(H,21,23). The Morgan fingerprint density at radius 2 is 1.93 bits per heavy atom. The van der Waals surface area contributed by atoms with Crippen molar-refractivity contribution in [1.29, 1.82) is 0 Å². The van der Waals surface area contributed by atoms with Gasteiger partial charge in [-0.2, -0.15) is 5.10 Å². The molecule has 3 rings (SSSR count). The number of rotatable bonds is 7. The quantitative estimate of drug-likeness (QED) is 0.385. The van der Waals surface area contributed by atoms with E-state index in [1.165, 1.54) is 18.2 Å². The van der Waals surface area contributed by atoms with Crippen LogP contribution >= 0.6 is 0 Å². The summed E-state index contributed by atoms with van der Waals surface area (Å²) in [6.45, 7) is 0.146. The first-order chi connectivity index (χ1) is 13.1. The SMILES string of the molecule is O=[N+]([O-])c1ccc(NN=Cc2ccc(OCc3ccccc3F)cc2)nc1. The molecule has 27 heavy (non-hydrogen) atoms. The van der Waals surface area contributed by atoms with Gasteiger partial charge in [0.1, 0.15) is 30.2 Å². The molecule has 0 aliphatic rings. The number of pyridine rings is 1. The van der Waals surface area contributed by atoms with Crippen molar-refractivity contribution in [2.45, 2.75) is 6.61 Å². The maximum Gasteiger partial charge on any atom is 0.287 e. The first-order valence-corrected chi connectivity index (χ1v) is 7.97. The van der Waals surface area contributed by atoms with Gasteiger partial charge in [-0.3, -0.25) is 15.5 Å². The van der Waals surface area contributed by atoms with E-state index >= 15 is 0 Å². The molecule has 3 aromatic rings. The second-order valence-electron chi connectivity index (χ2n) is 5.48. The van der Waals surface area contributed by atoms with E-state index in [1.54, 1.807) is 48.7 Å². The van der Waals surface area contributed by atoms with Crippen LogP contribution in [-0.4, -0.2) is 16.1 Å². The van der Waals surface area contributed by atoms with Gasteiger partial charge >= 0.3 is 0 Å². The zero-order valence-electron chi connectivity index (χ0n) is 14.1. The lowest BCUT2D eigenvalue weighted by molar-refractivity contribution is -0.385. The minimum atomic E-state index is -0.518. The molecule has 0 atom stereocenters. The van der Waals surface area contributed by atoms with Crippen LogP contribution in [0.1, 0.15) is 11.1 Å². The summed E-state index contributed by atoms with van der Waals surface area (Å²) in [6, 6.07) is 16.4. The summed E-state index contributed by atoms with van der Waals surface area (Å²) in [6.07, 6.45) is 2.73. The first-order valence-electron chi connectivity index (χ1n) is 7.97. The van der Waals surface area contributed by atoms with E-state index in [2.05, 4.69) is 15.5 Å². The van der Waals surface area contributed by atoms with Crippen LogP contribution in [0.4, 0.5) is 15.9 Å². The summed E-state index contributed by atoms with van der Waals surface area (Å²) in [7, 11) is 0. The summed E-state index contributed by atoms with van der Waals surface area (Å²) < 4.78 is 19.1. The molecular formula is C19H15FN4O3. The van der Waals surface area contributed by atoms with Crippen LogP contribution in [0.15, 0.2) is 72.0 Å². The van der Waals surface area contributed by atoms with Crippen LogP contribution < -0.4 is 10.2 Å². The summed E-state index contributed by atoms with van der Waals surface area (Å²) in [4.78, 5) is 13.9. The average molecular weight is 366 g/mol. The molecular weight excluding hydrogens is 351 g/mol. The van der Waals surface area contributed by atoms with Gasteiger partial charge in [-0.15, -0.1) is 0 Å². The number of nitrogens with one attached hydrogen (secondary N) is 1. The minimum Gasteiger partial charge on any atom is -0.489 e. The van der Waals surface area contributed by atoms with Gasteiger partial charge in [0, 0.05) is 11.6 Å². The summed E-state index contributed by atoms with van der Waals surface area (Å²) in [5.41, 5.74) is 3.90. The van der Waals surface area contributed by atoms with Gasteiger partial charge in [-0.1, -0.05) is 18.2 Å². The van der Waals surface area contributed by atoms with E-state index in [0.717, 1.165) is 11.8 Å². The number of benzene rings is 2. The molecule has 0 saturated heterocycles. The van der Waals surface area contributed by atoms with Crippen molar-refractivity contribution in [3.05, 3.63) is 93.9 Å². The average Bonchev–Trinajstić information content (AvgIpc) is 2.69. The summed E-state index contributed by atoms with van der Waals surface area (Å²) >= 11 is 0. The normalized spacial score (nSPS) is 10.7. The van der Waals surface area contributed by atoms with Crippen molar-refractivity contribution in [2.24, 2.45) is 5.10 Å². The van der Waals surface area contributed by atoms with E-state index in [9.17, 15) is 14.5 Å². The molecule has 1 heterocycles. The Morgan fingerprint density at radius 3 is 2.59 bits per heavy atom. The molecule has 0 radical (unpaired) electrons. The molecule has 0 aliphatic heterocycles. The van der Waals surface area contributed by atoms with E-state index in [-0.39, 0.29) is 18.1 Å². The fourth-order valence-electron chi connectivity index (χ4n) is 2.16. The van der Waals surface area contributed by atoms with Crippen LogP contribution in [0.2, 0.25) is 0 Å². The predicted molar refractivity (Wildman–Crippen MR) is 99.3 cm³/mol. The number of nitrogens with zero attached hydrogens (tertiary/aromatic N) is 3. The number of ether oxygens (including phenoxy) is 1. The third-order valence-corrected chi connectivity index (χ3v) is 3.58. The molecule has 0 spiro atoms. The highest BCUT2D eigenvalue weighted by atomic mass is 19.1. The van der Waals surface area contributed by atoms with E-state index in [1.807, 2.05) is 0 Å². The van der Waals surface area contributed by atoms with Gasteiger partial charge in [0.25, 0.3) is 5.69 Å². The molecule has 136 valence electrons. The Labute approximate surface area is 154 Å². The number of halogens is 1.